The number of carbonyl (C=O) groups is 2. The Bertz CT molecular complexity index is 543. The Morgan fingerprint density at radius 3 is 2.84 bits per heavy atom. The topological polar surface area (TPSA) is 70.5 Å². The van der Waals surface area contributed by atoms with E-state index in [-0.39, 0.29) is 18.0 Å². The first-order chi connectivity index (χ1) is 9.09. The van der Waals surface area contributed by atoms with Crippen molar-refractivity contribution in [2.24, 2.45) is 5.92 Å². The summed E-state index contributed by atoms with van der Waals surface area (Å²) in [4.78, 5) is 29.7. The van der Waals surface area contributed by atoms with E-state index in [1.807, 2.05) is 13.0 Å². The Balaban J connectivity index is 1.90. The predicted molar refractivity (Wildman–Crippen MR) is 67.7 cm³/mol. The average molecular weight is 260 g/mol. The molecule has 100 valence electrons. The monoisotopic (exact) mass is 260 g/mol. The third-order valence-electron chi connectivity index (χ3n) is 4.30. The van der Waals surface area contributed by atoms with Gasteiger partial charge in [0.1, 0.15) is 5.69 Å². The first-order valence-corrected chi connectivity index (χ1v) is 6.56. The number of carbonyl (C=O) groups excluding carboxylic acids is 1. The van der Waals surface area contributed by atoms with Crippen LogP contribution in [0.2, 0.25) is 0 Å². The molecule has 0 aliphatic carbocycles. The number of fused-ring (bicyclic) bond motifs is 2. The Hall–Kier alpha value is -1.91. The molecule has 1 amide bonds. The number of nitrogens with zero attached hydrogens (tertiary/aromatic N) is 2. The van der Waals surface area contributed by atoms with Crippen molar-refractivity contribution >= 4 is 11.9 Å². The summed E-state index contributed by atoms with van der Waals surface area (Å²) in [5.41, 5.74) is 1.29. The third kappa shape index (κ3) is 1.80. The summed E-state index contributed by atoms with van der Waals surface area (Å²) < 4.78 is 0. The summed E-state index contributed by atoms with van der Waals surface area (Å²) in [5.74, 6) is -1.32. The third-order valence-corrected chi connectivity index (χ3v) is 4.30. The highest BCUT2D eigenvalue weighted by molar-refractivity contribution is 5.95. The summed E-state index contributed by atoms with van der Waals surface area (Å²) in [7, 11) is 0. The second-order valence-corrected chi connectivity index (χ2v) is 5.36. The molecular formula is C14H16N2O3. The molecular weight excluding hydrogens is 244 g/mol. The maximum absolute atomic E-state index is 12.6. The zero-order valence-corrected chi connectivity index (χ0v) is 10.7. The number of aromatic nitrogens is 1. The van der Waals surface area contributed by atoms with Gasteiger partial charge in [-0.25, -0.2) is 0 Å². The van der Waals surface area contributed by atoms with E-state index in [0.717, 1.165) is 18.4 Å². The highest BCUT2D eigenvalue weighted by Gasteiger charge is 2.51. The van der Waals surface area contributed by atoms with Crippen molar-refractivity contribution in [3.63, 3.8) is 0 Å². The van der Waals surface area contributed by atoms with Gasteiger partial charge in [0.25, 0.3) is 5.91 Å². The lowest BCUT2D eigenvalue weighted by molar-refractivity contribution is -0.142. The van der Waals surface area contributed by atoms with E-state index in [0.29, 0.717) is 12.1 Å². The Morgan fingerprint density at radius 1 is 1.42 bits per heavy atom. The van der Waals surface area contributed by atoms with Crippen molar-refractivity contribution in [3.05, 3.63) is 29.6 Å². The molecule has 3 rings (SSSR count). The quantitative estimate of drug-likeness (QED) is 0.874. The molecule has 1 aromatic rings. The van der Waals surface area contributed by atoms with Gasteiger partial charge >= 0.3 is 5.97 Å². The number of amides is 1. The molecule has 2 aliphatic rings. The fourth-order valence-electron chi connectivity index (χ4n) is 3.40. The average Bonchev–Trinajstić information content (AvgIpc) is 2.96. The van der Waals surface area contributed by atoms with E-state index in [4.69, 9.17) is 0 Å². The molecule has 0 aromatic carbocycles. The van der Waals surface area contributed by atoms with E-state index in [1.54, 1.807) is 17.2 Å². The van der Waals surface area contributed by atoms with Crippen molar-refractivity contribution in [2.45, 2.75) is 38.3 Å². The minimum Gasteiger partial charge on any atom is -0.481 e. The predicted octanol–water partition coefficient (Wildman–Crippen LogP) is 1.47. The van der Waals surface area contributed by atoms with E-state index in [9.17, 15) is 14.7 Å². The van der Waals surface area contributed by atoms with Crippen LogP contribution in [0, 0.1) is 12.8 Å². The molecule has 1 aromatic heterocycles. The van der Waals surface area contributed by atoms with Gasteiger partial charge in [-0.15, -0.1) is 0 Å². The Morgan fingerprint density at radius 2 is 2.21 bits per heavy atom. The van der Waals surface area contributed by atoms with Gasteiger partial charge in [-0.05, 0) is 37.8 Å². The van der Waals surface area contributed by atoms with Crippen molar-refractivity contribution in [3.8, 4) is 0 Å². The van der Waals surface area contributed by atoms with Crippen molar-refractivity contribution in [1.82, 2.24) is 9.88 Å². The number of hydrogen-bond acceptors (Lipinski definition) is 3. The lowest BCUT2D eigenvalue weighted by Crippen LogP contribution is -2.38. The largest absolute Gasteiger partial charge is 0.481 e. The summed E-state index contributed by atoms with van der Waals surface area (Å²) in [6.07, 6.45) is 3.88. The van der Waals surface area contributed by atoms with Crippen LogP contribution >= 0.6 is 0 Å². The van der Waals surface area contributed by atoms with Gasteiger partial charge in [0.15, 0.2) is 0 Å². The van der Waals surface area contributed by atoms with Crippen LogP contribution in [-0.4, -0.2) is 39.0 Å². The van der Waals surface area contributed by atoms with Crippen LogP contribution < -0.4 is 0 Å². The molecule has 2 bridgehead atoms. The minimum absolute atomic E-state index is 0.0695. The molecule has 19 heavy (non-hydrogen) atoms. The van der Waals surface area contributed by atoms with E-state index >= 15 is 0 Å². The van der Waals surface area contributed by atoms with Crippen LogP contribution in [0.25, 0.3) is 0 Å². The molecule has 3 unspecified atom stereocenters. The van der Waals surface area contributed by atoms with Crippen molar-refractivity contribution < 1.29 is 14.7 Å². The van der Waals surface area contributed by atoms with Gasteiger partial charge in [0.05, 0.1) is 5.92 Å². The Labute approximate surface area is 111 Å². The zero-order chi connectivity index (χ0) is 13.6. The lowest BCUT2D eigenvalue weighted by Gasteiger charge is -2.23. The van der Waals surface area contributed by atoms with E-state index in [2.05, 4.69) is 4.98 Å². The first-order valence-electron chi connectivity index (χ1n) is 6.56. The molecule has 2 aliphatic heterocycles. The van der Waals surface area contributed by atoms with Crippen LogP contribution in [0.3, 0.4) is 0 Å². The normalized spacial score (nSPS) is 28.7. The standard InChI is InChI=1S/C14H16N2O3/c1-8-3-2-6-15-12(8)13(17)16-9-4-5-11(16)10(7-9)14(18)19/h2-3,6,9-11H,4-5,7H2,1H3,(H,18,19). The summed E-state index contributed by atoms with van der Waals surface area (Å²) in [6.45, 7) is 1.85. The summed E-state index contributed by atoms with van der Waals surface area (Å²) in [6, 6.07) is 3.56. The van der Waals surface area contributed by atoms with Gasteiger partial charge in [-0.2, -0.15) is 0 Å². The molecule has 0 radical (unpaired) electrons. The highest BCUT2D eigenvalue weighted by Crippen LogP contribution is 2.42. The Kier molecular flexibility index (Phi) is 2.77. The first kappa shape index (κ1) is 12.1. The fourth-order valence-corrected chi connectivity index (χ4v) is 3.40. The number of hydrogen-bond donors (Lipinski definition) is 1. The minimum atomic E-state index is -0.789. The maximum Gasteiger partial charge on any atom is 0.308 e. The van der Waals surface area contributed by atoms with Gasteiger partial charge in [0.2, 0.25) is 0 Å². The molecule has 2 saturated heterocycles. The highest BCUT2D eigenvalue weighted by atomic mass is 16.4. The number of carboxylic acid groups (broad SMARTS) is 1. The fraction of sp³-hybridized carbons (Fsp3) is 0.500. The molecule has 3 atom stereocenters. The second-order valence-electron chi connectivity index (χ2n) is 5.36. The van der Waals surface area contributed by atoms with Crippen LogP contribution in [0.1, 0.15) is 35.3 Å². The molecule has 2 fully saturated rings. The van der Waals surface area contributed by atoms with Crippen LogP contribution in [0.15, 0.2) is 18.3 Å². The summed E-state index contributed by atoms with van der Waals surface area (Å²) >= 11 is 0. The molecule has 0 saturated carbocycles. The van der Waals surface area contributed by atoms with Crippen LogP contribution in [-0.2, 0) is 4.79 Å². The molecule has 3 heterocycles. The van der Waals surface area contributed by atoms with E-state index < -0.39 is 11.9 Å². The van der Waals surface area contributed by atoms with Gasteiger partial charge in [0, 0.05) is 18.3 Å². The second kappa shape index (κ2) is 4.33. The number of rotatable bonds is 2. The van der Waals surface area contributed by atoms with Gasteiger partial charge in [-0.1, -0.05) is 6.07 Å². The van der Waals surface area contributed by atoms with Crippen molar-refractivity contribution in [1.29, 1.82) is 0 Å². The number of pyridine rings is 1. The van der Waals surface area contributed by atoms with Crippen LogP contribution in [0.4, 0.5) is 0 Å². The smallest absolute Gasteiger partial charge is 0.308 e. The molecule has 1 N–H and O–H groups in total. The van der Waals surface area contributed by atoms with Crippen molar-refractivity contribution in [2.75, 3.05) is 0 Å². The van der Waals surface area contributed by atoms with Gasteiger partial charge in [-0.3, -0.25) is 14.6 Å². The zero-order valence-electron chi connectivity index (χ0n) is 10.7. The maximum atomic E-state index is 12.6. The van der Waals surface area contributed by atoms with E-state index in [1.165, 1.54) is 0 Å². The molecule has 0 spiro atoms. The number of aryl methyl sites for hydroxylation is 1. The lowest BCUT2D eigenvalue weighted by atomic mass is 9.89. The van der Waals surface area contributed by atoms with Crippen LogP contribution in [0.5, 0.6) is 0 Å². The van der Waals surface area contributed by atoms with Gasteiger partial charge < -0.3 is 10.0 Å². The molecule has 5 nitrogen and oxygen atoms in total. The number of carboxylic acids is 1. The molecule has 5 heteroatoms. The SMILES string of the molecule is Cc1cccnc1C(=O)N1C2CCC1C(C(=O)O)C2. The summed E-state index contributed by atoms with van der Waals surface area (Å²) in [5, 5.41) is 9.21. The number of aliphatic carboxylic acids is 1.